The molecule has 31 heavy (non-hydrogen) atoms. The molecule has 0 radical (unpaired) electrons. The topological polar surface area (TPSA) is 101 Å². The molecule has 4 rings (SSSR count). The molecule has 0 spiro atoms. The number of H-pyrrole nitrogens is 1. The molecule has 0 amide bonds. The highest BCUT2D eigenvalue weighted by Crippen LogP contribution is 2.29. The largest absolute Gasteiger partial charge is 0.382 e. The van der Waals surface area contributed by atoms with Gasteiger partial charge in [-0.2, -0.15) is 0 Å². The standard InChI is InChI=1S/C22H28N6OS2/c1-5-31(29,30)28-10-8-14(9-11-28)18-13-24-20(23)19(25-18)21-26-16-7-6-15(22(2,3)4)12-17(16)27-21/h6-8,12-13H,5,9-11H2,1-4H3,(H2,23,24)(H,26,27). The van der Waals surface area contributed by atoms with Crippen LogP contribution in [0.3, 0.4) is 0 Å². The number of anilines is 1. The van der Waals surface area contributed by atoms with Crippen molar-refractivity contribution in [1.82, 2.24) is 24.2 Å². The maximum absolute atomic E-state index is 12.5. The number of nitrogens with one attached hydrogen (secondary N) is 1. The van der Waals surface area contributed by atoms with E-state index < -0.39 is 8.68 Å². The number of fused-ring (bicyclic) bond motifs is 1. The van der Waals surface area contributed by atoms with E-state index >= 15 is 0 Å². The predicted octanol–water partition coefficient (Wildman–Crippen LogP) is 3.67. The number of rotatable bonds is 4. The smallest absolute Gasteiger partial charge is 0.161 e. The van der Waals surface area contributed by atoms with Crippen molar-refractivity contribution < 1.29 is 4.21 Å². The molecule has 2 aromatic heterocycles. The molecule has 0 fully saturated rings. The van der Waals surface area contributed by atoms with E-state index in [1.165, 1.54) is 5.56 Å². The summed E-state index contributed by atoms with van der Waals surface area (Å²) in [5, 5.41) is 0. The van der Waals surface area contributed by atoms with E-state index in [2.05, 4.69) is 42.9 Å². The maximum atomic E-state index is 12.5. The summed E-state index contributed by atoms with van der Waals surface area (Å²) in [4.78, 5) is 17.2. The van der Waals surface area contributed by atoms with Gasteiger partial charge in [0.2, 0.25) is 0 Å². The Morgan fingerprint density at radius 3 is 2.71 bits per heavy atom. The monoisotopic (exact) mass is 456 g/mol. The molecule has 0 aliphatic carbocycles. The van der Waals surface area contributed by atoms with Gasteiger partial charge in [0.05, 0.1) is 31.6 Å². The van der Waals surface area contributed by atoms with Crippen LogP contribution in [0.4, 0.5) is 5.82 Å². The average molecular weight is 457 g/mol. The number of aromatic amines is 1. The zero-order valence-electron chi connectivity index (χ0n) is 18.3. The minimum atomic E-state index is -2.36. The van der Waals surface area contributed by atoms with Crippen molar-refractivity contribution in [3.8, 4) is 11.5 Å². The lowest BCUT2D eigenvalue weighted by Gasteiger charge is -2.27. The molecule has 164 valence electrons. The molecule has 1 unspecified atom stereocenters. The summed E-state index contributed by atoms with van der Waals surface area (Å²) in [6.07, 6.45) is 4.43. The molecule has 9 heteroatoms. The van der Waals surface area contributed by atoms with E-state index in [1.807, 2.05) is 23.4 Å². The third-order valence-electron chi connectivity index (χ3n) is 5.63. The van der Waals surface area contributed by atoms with Gasteiger partial charge in [-0.15, -0.1) is 0 Å². The zero-order valence-corrected chi connectivity index (χ0v) is 19.9. The van der Waals surface area contributed by atoms with Crippen molar-refractivity contribution in [2.75, 3.05) is 24.6 Å². The molecule has 7 nitrogen and oxygen atoms in total. The summed E-state index contributed by atoms with van der Waals surface area (Å²) in [5.74, 6) is 1.40. The predicted molar refractivity (Wildman–Crippen MR) is 130 cm³/mol. The van der Waals surface area contributed by atoms with E-state index in [9.17, 15) is 4.21 Å². The van der Waals surface area contributed by atoms with E-state index in [-0.39, 0.29) is 5.41 Å². The average Bonchev–Trinajstić information content (AvgIpc) is 3.17. The van der Waals surface area contributed by atoms with Crippen LogP contribution in [0.15, 0.2) is 30.5 Å². The first kappa shape index (κ1) is 21.9. The lowest BCUT2D eigenvalue weighted by Crippen LogP contribution is -2.35. The number of hydrogen-bond donors (Lipinski definition) is 2. The van der Waals surface area contributed by atoms with Crippen molar-refractivity contribution in [2.45, 2.75) is 39.5 Å². The van der Waals surface area contributed by atoms with E-state index in [0.29, 0.717) is 42.6 Å². The van der Waals surface area contributed by atoms with Gasteiger partial charge < -0.3 is 10.7 Å². The van der Waals surface area contributed by atoms with Crippen LogP contribution in [0, 0.1) is 0 Å². The highest BCUT2D eigenvalue weighted by atomic mass is 32.8. The van der Waals surface area contributed by atoms with Crippen LogP contribution < -0.4 is 5.73 Å². The molecule has 1 aromatic carbocycles. The first-order valence-electron chi connectivity index (χ1n) is 10.4. The number of nitrogens with two attached hydrogens (primary N) is 1. The lowest BCUT2D eigenvalue weighted by atomic mass is 9.87. The Morgan fingerprint density at radius 2 is 2.06 bits per heavy atom. The number of aromatic nitrogens is 4. The van der Waals surface area contributed by atoms with E-state index in [4.69, 9.17) is 26.9 Å². The molecule has 3 N–H and O–H groups in total. The summed E-state index contributed by atoms with van der Waals surface area (Å²) < 4.78 is 14.3. The minimum Gasteiger partial charge on any atom is -0.382 e. The normalized spacial score (nSPS) is 17.5. The Labute approximate surface area is 188 Å². The van der Waals surface area contributed by atoms with Gasteiger partial charge in [0.1, 0.15) is 5.69 Å². The molecule has 3 aromatic rings. The Kier molecular flexibility index (Phi) is 5.61. The highest BCUT2D eigenvalue weighted by Gasteiger charge is 2.22. The van der Waals surface area contributed by atoms with Crippen LogP contribution in [0.2, 0.25) is 0 Å². The van der Waals surface area contributed by atoms with Gasteiger partial charge in [-0.25, -0.2) is 23.5 Å². The van der Waals surface area contributed by atoms with Crippen molar-refractivity contribution in [3.63, 3.8) is 0 Å². The minimum absolute atomic E-state index is 0.0474. The Morgan fingerprint density at radius 1 is 1.29 bits per heavy atom. The Balaban J connectivity index is 1.68. The van der Waals surface area contributed by atoms with Gasteiger partial charge in [0, 0.05) is 18.8 Å². The molecule has 1 aliphatic rings. The number of imidazole rings is 1. The van der Waals surface area contributed by atoms with Crippen molar-refractivity contribution in [3.05, 3.63) is 41.7 Å². The van der Waals surface area contributed by atoms with Crippen LogP contribution >= 0.6 is 0 Å². The van der Waals surface area contributed by atoms with E-state index in [1.54, 1.807) is 6.20 Å². The van der Waals surface area contributed by atoms with Crippen LogP contribution in [0.25, 0.3) is 28.1 Å². The fourth-order valence-electron chi connectivity index (χ4n) is 3.63. The van der Waals surface area contributed by atoms with Gasteiger partial charge >= 0.3 is 0 Å². The molecule has 0 saturated heterocycles. The Bertz CT molecular complexity index is 1270. The second-order valence-electron chi connectivity index (χ2n) is 8.79. The van der Waals surface area contributed by atoms with Crippen molar-refractivity contribution >= 4 is 42.3 Å². The van der Waals surface area contributed by atoms with Crippen LogP contribution in [0.5, 0.6) is 0 Å². The summed E-state index contributed by atoms with van der Waals surface area (Å²) in [7, 11) is -2.36. The fourth-order valence-corrected chi connectivity index (χ4v) is 5.08. The molecule has 1 atom stereocenters. The van der Waals surface area contributed by atoms with Gasteiger partial charge in [-0.1, -0.05) is 39.8 Å². The molecule has 0 saturated carbocycles. The quantitative estimate of drug-likeness (QED) is 0.621. The molecule has 3 heterocycles. The first-order chi connectivity index (χ1) is 14.6. The summed E-state index contributed by atoms with van der Waals surface area (Å²) in [6, 6.07) is 6.24. The van der Waals surface area contributed by atoms with E-state index in [0.717, 1.165) is 22.3 Å². The molecule has 0 bridgehead atoms. The SMILES string of the molecule is CCS(=O)(=S)N1CC=C(c2cnc(N)c(-c3nc4ccc(C(C)(C)C)cc4[nH]3)n2)CC1. The molecule has 1 aliphatic heterocycles. The van der Waals surface area contributed by atoms with Crippen LogP contribution in [-0.2, 0) is 25.3 Å². The van der Waals surface area contributed by atoms with Gasteiger partial charge in [0.25, 0.3) is 0 Å². The van der Waals surface area contributed by atoms with Crippen molar-refractivity contribution in [2.24, 2.45) is 0 Å². The summed E-state index contributed by atoms with van der Waals surface area (Å²) in [5.41, 5.74) is 11.6. The van der Waals surface area contributed by atoms with Gasteiger partial charge in [0.15, 0.2) is 11.6 Å². The van der Waals surface area contributed by atoms with Crippen LogP contribution in [0.1, 0.15) is 45.4 Å². The zero-order chi connectivity index (χ0) is 22.4. The number of hydrogen-bond acceptors (Lipinski definition) is 6. The lowest BCUT2D eigenvalue weighted by molar-refractivity contribution is 0.482. The summed E-state index contributed by atoms with van der Waals surface area (Å²) in [6.45, 7) is 9.60. The first-order valence-corrected chi connectivity index (χ1v) is 13.0. The van der Waals surface area contributed by atoms with Crippen LogP contribution in [-0.4, -0.2) is 47.3 Å². The Hall–Kier alpha value is -2.36. The number of nitrogen functional groups attached to an aromatic ring is 1. The highest BCUT2D eigenvalue weighted by molar-refractivity contribution is 8.31. The number of nitrogens with zero attached hydrogens (tertiary/aromatic N) is 4. The summed E-state index contributed by atoms with van der Waals surface area (Å²) >= 11 is 5.25. The third kappa shape index (κ3) is 4.35. The number of benzene rings is 1. The second kappa shape index (κ2) is 7.96. The third-order valence-corrected chi connectivity index (χ3v) is 8.82. The van der Waals surface area contributed by atoms with Gasteiger partial charge in [-0.3, -0.25) is 0 Å². The van der Waals surface area contributed by atoms with Crippen molar-refractivity contribution in [1.29, 1.82) is 0 Å². The maximum Gasteiger partial charge on any atom is 0.161 e. The van der Waals surface area contributed by atoms with Gasteiger partial charge in [-0.05, 0) is 46.3 Å². The fraction of sp³-hybridized carbons (Fsp3) is 0.409. The second-order valence-corrected chi connectivity index (χ2v) is 12.6. The molecular formula is C22H28N6OS2. The molecular weight excluding hydrogens is 428 g/mol.